The first kappa shape index (κ1) is 24.3. The normalized spacial score (nSPS) is 26.6. The first-order valence-electron chi connectivity index (χ1n) is 8.76. The second-order valence-electron chi connectivity index (χ2n) is 6.81. The highest BCUT2D eigenvalue weighted by Crippen LogP contribution is 2.31. The van der Waals surface area contributed by atoms with E-state index in [1.807, 2.05) is 6.07 Å². The van der Waals surface area contributed by atoms with Gasteiger partial charge in [0.25, 0.3) is 0 Å². The van der Waals surface area contributed by atoms with Gasteiger partial charge in [0, 0.05) is 27.7 Å². The Balaban J connectivity index is 3.38. The van der Waals surface area contributed by atoms with Crippen molar-refractivity contribution in [2.75, 3.05) is 6.61 Å². The van der Waals surface area contributed by atoms with E-state index in [1.54, 1.807) is 0 Å². The standard InChI is InChI=1S/C18H25NO10/c1-9(20)24-7-13-14(25-10(2)21)15(26-11(3)22)16(27-12(4)23)17(28-13)29-18(5,6)8-19/h13-17H,7H2,1-6H3/t13-,14-,15+,16-,17+/m1/s1. The van der Waals surface area contributed by atoms with Crippen molar-refractivity contribution in [1.82, 2.24) is 0 Å². The van der Waals surface area contributed by atoms with Crippen molar-refractivity contribution >= 4 is 23.9 Å². The van der Waals surface area contributed by atoms with Crippen molar-refractivity contribution in [3.05, 3.63) is 0 Å². The quantitative estimate of drug-likeness (QED) is 0.420. The molecule has 1 heterocycles. The second kappa shape index (κ2) is 10.2. The Morgan fingerprint density at radius 2 is 1.34 bits per heavy atom. The van der Waals surface area contributed by atoms with Crippen LogP contribution in [-0.4, -0.2) is 66.8 Å². The average molecular weight is 415 g/mol. The van der Waals surface area contributed by atoms with E-state index < -0.39 is 60.2 Å². The van der Waals surface area contributed by atoms with Crippen LogP contribution in [0, 0.1) is 11.3 Å². The summed E-state index contributed by atoms with van der Waals surface area (Å²) in [5.41, 5.74) is -1.37. The number of hydrogen-bond acceptors (Lipinski definition) is 11. The van der Waals surface area contributed by atoms with Crippen LogP contribution in [0.5, 0.6) is 0 Å². The van der Waals surface area contributed by atoms with E-state index in [0.717, 1.165) is 20.8 Å². The molecule has 0 aromatic heterocycles. The summed E-state index contributed by atoms with van der Waals surface area (Å²) < 4.78 is 32.0. The summed E-state index contributed by atoms with van der Waals surface area (Å²) in [4.78, 5) is 46.1. The number of carbonyl (C=O) groups excluding carboxylic acids is 4. The molecule has 29 heavy (non-hydrogen) atoms. The summed E-state index contributed by atoms with van der Waals surface area (Å²) in [6, 6.07) is 1.91. The van der Waals surface area contributed by atoms with Crippen LogP contribution in [0.2, 0.25) is 0 Å². The predicted molar refractivity (Wildman–Crippen MR) is 92.7 cm³/mol. The van der Waals surface area contributed by atoms with Gasteiger partial charge in [-0.25, -0.2) is 0 Å². The van der Waals surface area contributed by atoms with Crippen molar-refractivity contribution in [1.29, 1.82) is 5.26 Å². The fourth-order valence-corrected chi connectivity index (χ4v) is 2.60. The van der Waals surface area contributed by atoms with Gasteiger partial charge in [0.15, 0.2) is 23.9 Å². The van der Waals surface area contributed by atoms with Crippen LogP contribution in [0.15, 0.2) is 0 Å². The Morgan fingerprint density at radius 1 is 0.862 bits per heavy atom. The minimum absolute atomic E-state index is 0.370. The molecule has 0 bridgehead atoms. The lowest BCUT2D eigenvalue weighted by molar-refractivity contribution is -0.321. The summed E-state index contributed by atoms with van der Waals surface area (Å²) >= 11 is 0. The van der Waals surface area contributed by atoms with Crippen LogP contribution in [0.1, 0.15) is 41.5 Å². The van der Waals surface area contributed by atoms with Crippen LogP contribution in [0.3, 0.4) is 0 Å². The summed E-state index contributed by atoms with van der Waals surface area (Å²) in [7, 11) is 0. The highest BCUT2D eigenvalue weighted by molar-refractivity contribution is 5.68. The lowest BCUT2D eigenvalue weighted by atomic mass is 9.97. The van der Waals surface area contributed by atoms with Gasteiger partial charge in [-0.15, -0.1) is 0 Å². The van der Waals surface area contributed by atoms with E-state index in [9.17, 15) is 24.4 Å². The summed E-state index contributed by atoms with van der Waals surface area (Å²) in [5.74, 6) is -2.87. The fraction of sp³-hybridized carbons (Fsp3) is 0.722. The summed E-state index contributed by atoms with van der Waals surface area (Å²) in [6.07, 6.45) is -6.48. The molecule has 0 unspecified atom stereocenters. The van der Waals surface area contributed by atoms with Crippen molar-refractivity contribution in [3.8, 4) is 6.07 Å². The van der Waals surface area contributed by atoms with Gasteiger partial charge < -0.3 is 28.4 Å². The van der Waals surface area contributed by atoms with Crippen LogP contribution < -0.4 is 0 Å². The summed E-state index contributed by atoms with van der Waals surface area (Å²) in [6.45, 7) is 7.04. The van der Waals surface area contributed by atoms with Gasteiger partial charge in [0.1, 0.15) is 12.7 Å². The third-order valence-electron chi connectivity index (χ3n) is 3.63. The van der Waals surface area contributed by atoms with Gasteiger partial charge >= 0.3 is 23.9 Å². The van der Waals surface area contributed by atoms with Gasteiger partial charge in [0.05, 0.1) is 6.07 Å². The van der Waals surface area contributed by atoms with Gasteiger partial charge in [-0.3, -0.25) is 19.2 Å². The number of nitrogens with zero attached hydrogens (tertiary/aromatic N) is 1. The minimum Gasteiger partial charge on any atom is -0.463 e. The SMILES string of the molecule is CC(=O)OC[C@H]1O[C@@H](OC(C)(C)C#N)[C@H](OC(C)=O)[C@@H](OC(C)=O)[C@@H]1OC(C)=O. The molecule has 1 aliphatic rings. The van der Waals surface area contributed by atoms with Crippen molar-refractivity contribution < 1.29 is 47.6 Å². The Labute approximate surface area is 168 Å². The Bertz CT molecular complexity index is 683. The largest absolute Gasteiger partial charge is 0.463 e. The molecule has 0 aromatic carbocycles. The molecule has 0 aliphatic carbocycles. The summed E-state index contributed by atoms with van der Waals surface area (Å²) in [5, 5.41) is 9.25. The monoisotopic (exact) mass is 415 g/mol. The molecule has 1 fully saturated rings. The molecule has 0 aromatic rings. The number of ether oxygens (including phenoxy) is 6. The van der Waals surface area contributed by atoms with E-state index >= 15 is 0 Å². The first-order valence-corrected chi connectivity index (χ1v) is 8.76. The molecule has 162 valence electrons. The zero-order valence-electron chi connectivity index (χ0n) is 17.1. The van der Waals surface area contributed by atoms with E-state index in [2.05, 4.69) is 0 Å². The molecule has 0 spiro atoms. The van der Waals surface area contributed by atoms with Gasteiger partial charge in [-0.1, -0.05) is 0 Å². The highest BCUT2D eigenvalue weighted by atomic mass is 16.7. The smallest absolute Gasteiger partial charge is 0.303 e. The van der Waals surface area contributed by atoms with Crippen LogP contribution >= 0.6 is 0 Å². The minimum atomic E-state index is -1.38. The maximum atomic E-state index is 11.7. The average Bonchev–Trinajstić information content (AvgIpc) is 2.57. The lowest BCUT2D eigenvalue weighted by Gasteiger charge is -2.45. The van der Waals surface area contributed by atoms with E-state index in [4.69, 9.17) is 28.4 Å². The number of rotatable bonds is 7. The highest BCUT2D eigenvalue weighted by Gasteiger charge is 2.53. The van der Waals surface area contributed by atoms with Crippen LogP contribution in [0.25, 0.3) is 0 Å². The molecule has 0 saturated carbocycles. The third-order valence-corrected chi connectivity index (χ3v) is 3.63. The molecule has 1 aliphatic heterocycles. The maximum Gasteiger partial charge on any atom is 0.303 e. The molecule has 0 amide bonds. The molecule has 11 nitrogen and oxygen atoms in total. The molecule has 1 rings (SSSR count). The maximum absolute atomic E-state index is 11.7. The fourth-order valence-electron chi connectivity index (χ4n) is 2.60. The van der Waals surface area contributed by atoms with Crippen molar-refractivity contribution in [3.63, 3.8) is 0 Å². The van der Waals surface area contributed by atoms with E-state index in [1.165, 1.54) is 20.8 Å². The molecular formula is C18H25NO10. The van der Waals surface area contributed by atoms with Crippen LogP contribution in [0.4, 0.5) is 0 Å². The number of carbonyl (C=O) groups is 4. The van der Waals surface area contributed by atoms with Gasteiger partial charge in [0.2, 0.25) is 6.29 Å². The van der Waals surface area contributed by atoms with Gasteiger partial charge in [-0.05, 0) is 13.8 Å². The third kappa shape index (κ3) is 7.67. The van der Waals surface area contributed by atoms with Crippen LogP contribution in [-0.2, 0) is 47.6 Å². The number of nitriles is 1. The first-order chi connectivity index (χ1) is 13.4. The Morgan fingerprint density at radius 3 is 1.79 bits per heavy atom. The van der Waals surface area contributed by atoms with Crippen molar-refractivity contribution in [2.24, 2.45) is 0 Å². The molecular weight excluding hydrogens is 390 g/mol. The molecule has 0 radical (unpaired) electrons. The predicted octanol–water partition coefficient (Wildman–Crippen LogP) is 0.388. The molecule has 11 heteroatoms. The number of esters is 4. The van der Waals surface area contributed by atoms with E-state index in [0.29, 0.717) is 0 Å². The Hall–Kier alpha value is -2.71. The molecule has 5 atom stereocenters. The zero-order chi connectivity index (χ0) is 22.4. The van der Waals surface area contributed by atoms with E-state index in [-0.39, 0.29) is 6.61 Å². The zero-order valence-corrected chi connectivity index (χ0v) is 17.1. The van der Waals surface area contributed by atoms with Gasteiger partial charge in [-0.2, -0.15) is 5.26 Å². The molecule has 1 saturated heterocycles. The Kier molecular flexibility index (Phi) is 8.54. The number of hydrogen-bond donors (Lipinski definition) is 0. The second-order valence-corrected chi connectivity index (χ2v) is 6.81. The topological polar surface area (TPSA) is 147 Å². The lowest BCUT2D eigenvalue weighted by Crippen LogP contribution is -2.63. The van der Waals surface area contributed by atoms with Crippen molar-refractivity contribution in [2.45, 2.75) is 77.8 Å². The molecule has 0 N–H and O–H groups in total.